The van der Waals surface area contributed by atoms with Crippen LogP contribution < -0.4 is 0 Å². The summed E-state index contributed by atoms with van der Waals surface area (Å²) in [6.07, 6.45) is 20.8. The first-order valence-electron chi connectivity index (χ1n) is 21.0. The van der Waals surface area contributed by atoms with Gasteiger partial charge in [-0.15, -0.1) is 11.3 Å². The second kappa shape index (κ2) is 17.5. The number of allylic oxidation sites excluding steroid dienone is 3. The van der Waals surface area contributed by atoms with Gasteiger partial charge in [0.25, 0.3) is 0 Å². The third kappa shape index (κ3) is 8.86. The Labute approximate surface area is 350 Å². The van der Waals surface area contributed by atoms with Crippen LogP contribution in [0.15, 0.2) is 115 Å². The highest BCUT2D eigenvalue weighted by Crippen LogP contribution is 2.59. The molecule has 0 spiro atoms. The van der Waals surface area contributed by atoms with Crippen LogP contribution in [0, 0.1) is 24.2 Å². The summed E-state index contributed by atoms with van der Waals surface area (Å²) < 4.78 is 18.3. The fourth-order valence-electron chi connectivity index (χ4n) is 9.89. The molecule has 11 heteroatoms. The highest BCUT2D eigenvalue weighted by molar-refractivity contribution is 7.11. The predicted octanol–water partition coefficient (Wildman–Crippen LogP) is 9.93. The highest BCUT2D eigenvalue weighted by Gasteiger charge is 2.55. The quantitative estimate of drug-likeness (QED) is 0.0950. The van der Waals surface area contributed by atoms with Crippen molar-refractivity contribution in [1.82, 2.24) is 19.9 Å². The molecule has 4 heterocycles. The first kappa shape index (κ1) is 40.5. The number of hydrogen-bond donors (Lipinski definition) is 0. The number of ether oxygens (including phenoxy) is 3. The van der Waals surface area contributed by atoms with Gasteiger partial charge in [0.05, 0.1) is 5.41 Å². The molecular formula is C48H52N4O6S. The maximum absolute atomic E-state index is 13.3. The molecule has 59 heavy (non-hydrogen) atoms. The highest BCUT2D eigenvalue weighted by atomic mass is 32.1. The number of esters is 3. The smallest absolute Gasteiger partial charge is 0.357 e. The molecule has 0 saturated heterocycles. The van der Waals surface area contributed by atoms with Crippen molar-refractivity contribution >= 4 is 29.2 Å². The second-order valence-corrected chi connectivity index (χ2v) is 18.1. The Morgan fingerprint density at radius 1 is 0.864 bits per heavy atom. The van der Waals surface area contributed by atoms with Gasteiger partial charge in [-0.25, -0.2) is 34.3 Å². The van der Waals surface area contributed by atoms with Crippen molar-refractivity contribution < 1.29 is 28.6 Å². The van der Waals surface area contributed by atoms with Gasteiger partial charge in [0.1, 0.15) is 40.4 Å². The van der Waals surface area contributed by atoms with Crippen LogP contribution in [0.4, 0.5) is 0 Å². The lowest BCUT2D eigenvalue weighted by molar-refractivity contribution is 0.00142. The molecule has 8 rings (SSSR count). The Morgan fingerprint density at radius 2 is 1.53 bits per heavy atom. The van der Waals surface area contributed by atoms with Gasteiger partial charge >= 0.3 is 17.9 Å². The summed E-state index contributed by atoms with van der Waals surface area (Å²) in [6.45, 7) is 8.95. The van der Waals surface area contributed by atoms with Crippen molar-refractivity contribution in [3.8, 4) is 0 Å². The Morgan fingerprint density at radius 3 is 2.14 bits per heavy atom. The van der Waals surface area contributed by atoms with Crippen LogP contribution in [0.1, 0.15) is 125 Å². The summed E-state index contributed by atoms with van der Waals surface area (Å²) in [6, 6.07) is 15.6. The molecular weight excluding hydrogens is 761 g/mol. The number of nitrogens with zero attached hydrogens (tertiary/aromatic N) is 4. The predicted molar refractivity (Wildman–Crippen MR) is 225 cm³/mol. The maximum atomic E-state index is 13.3. The van der Waals surface area contributed by atoms with Gasteiger partial charge in [0, 0.05) is 42.5 Å². The minimum absolute atomic E-state index is 0.164. The lowest BCUT2D eigenvalue weighted by Gasteiger charge is -2.42. The monoisotopic (exact) mass is 812 g/mol. The average Bonchev–Trinajstić information content (AvgIpc) is 3.83. The number of hydrogen-bond acceptors (Lipinski definition) is 11. The third-order valence-corrected chi connectivity index (χ3v) is 14.4. The van der Waals surface area contributed by atoms with E-state index < -0.39 is 24.1 Å². The molecule has 0 aromatic carbocycles. The molecule has 6 atom stereocenters. The summed E-state index contributed by atoms with van der Waals surface area (Å²) in [5.41, 5.74) is 3.77. The normalized spacial score (nSPS) is 26.5. The number of thiazole rings is 1. The Hall–Kier alpha value is -5.29. The zero-order chi connectivity index (χ0) is 41.0. The summed E-state index contributed by atoms with van der Waals surface area (Å²) in [4.78, 5) is 58.1. The van der Waals surface area contributed by atoms with E-state index in [9.17, 15) is 14.4 Å². The van der Waals surface area contributed by atoms with Crippen LogP contribution in [-0.4, -0.2) is 56.2 Å². The van der Waals surface area contributed by atoms with Crippen LogP contribution in [0.3, 0.4) is 0 Å². The average molecular weight is 813 g/mol. The number of pyridine rings is 3. The SMILES string of the molecule is C=C1/C(=C\C=C2/CCCC3(C)C(CCCC(OC(=O)c4ccccn4)C4(c5ncc(C)s5)CC4)CCC23)C[C@@H](OC(=O)c2ccccn2)C[C@@H]1OC(=O)c1ccccn1. The van der Waals surface area contributed by atoms with E-state index in [0.717, 1.165) is 68.4 Å². The fourth-order valence-corrected chi connectivity index (χ4v) is 10.9. The molecule has 306 valence electrons. The van der Waals surface area contributed by atoms with E-state index in [1.165, 1.54) is 16.9 Å². The van der Waals surface area contributed by atoms with Gasteiger partial charge in [-0.1, -0.05) is 49.4 Å². The van der Waals surface area contributed by atoms with Crippen molar-refractivity contribution in [3.05, 3.63) is 142 Å². The van der Waals surface area contributed by atoms with E-state index in [-0.39, 0.29) is 34.3 Å². The molecule has 4 fully saturated rings. The Bertz CT molecular complexity index is 2220. The fraction of sp³-hybridized carbons (Fsp3) is 0.438. The van der Waals surface area contributed by atoms with Crippen molar-refractivity contribution in [2.75, 3.05) is 0 Å². The van der Waals surface area contributed by atoms with Crippen molar-refractivity contribution in [2.45, 2.75) is 115 Å². The second-order valence-electron chi connectivity index (χ2n) is 16.9. The number of fused-ring (bicyclic) bond motifs is 1. The molecule has 0 bridgehead atoms. The zero-order valence-electron chi connectivity index (χ0n) is 33.9. The number of aromatic nitrogens is 4. The molecule has 4 saturated carbocycles. The van der Waals surface area contributed by atoms with Gasteiger partial charge in [0.2, 0.25) is 0 Å². The van der Waals surface area contributed by atoms with E-state index in [0.29, 0.717) is 35.9 Å². The van der Waals surface area contributed by atoms with Crippen LogP contribution in [0.2, 0.25) is 0 Å². The van der Waals surface area contributed by atoms with Gasteiger partial charge in [-0.05, 0) is 136 Å². The molecule has 4 aromatic heterocycles. The number of rotatable bonds is 13. The van der Waals surface area contributed by atoms with Crippen molar-refractivity contribution in [2.24, 2.45) is 17.3 Å². The molecule has 4 aromatic rings. The maximum Gasteiger partial charge on any atom is 0.357 e. The Balaban J connectivity index is 0.964. The summed E-state index contributed by atoms with van der Waals surface area (Å²) in [5.74, 6) is -0.413. The van der Waals surface area contributed by atoms with Crippen LogP contribution >= 0.6 is 11.3 Å². The standard InChI is InChI=1S/C48H52N4O6S/c1-31-30-52-46(59-31)48(23-24-48)42(58-45(55)40-16-6-9-27-51-40)17-10-13-35-20-21-37-33(12-11-22-47(35,37)3)18-19-34-28-36(56-43(53)38-14-4-7-25-49-38)29-41(32(34)2)57-44(54)39-15-5-8-26-50-39/h4-9,14-16,18-19,25-27,30,35-37,41-42H,2,10-13,17,20-24,28-29H2,1,3H3/b33-18+,34-19-/t35?,36-,37?,41+,42?,47?/m1/s1. The summed E-state index contributed by atoms with van der Waals surface area (Å²) in [7, 11) is 0. The molecule has 4 aliphatic carbocycles. The first-order chi connectivity index (χ1) is 28.6. The number of carbonyl (C=O) groups is 3. The van der Waals surface area contributed by atoms with Crippen LogP contribution in [0.5, 0.6) is 0 Å². The van der Waals surface area contributed by atoms with E-state index in [1.807, 2.05) is 12.3 Å². The third-order valence-electron chi connectivity index (χ3n) is 13.3. The van der Waals surface area contributed by atoms with Crippen LogP contribution in [-0.2, 0) is 19.6 Å². The van der Waals surface area contributed by atoms with Crippen molar-refractivity contribution in [1.29, 1.82) is 0 Å². The minimum atomic E-state index is -0.682. The van der Waals surface area contributed by atoms with E-state index >= 15 is 0 Å². The van der Waals surface area contributed by atoms with E-state index in [2.05, 4.69) is 47.5 Å². The molecule has 10 nitrogen and oxygen atoms in total. The van der Waals surface area contributed by atoms with Gasteiger partial charge in [-0.3, -0.25) is 0 Å². The van der Waals surface area contributed by atoms with E-state index in [1.54, 1.807) is 78.5 Å². The zero-order valence-corrected chi connectivity index (χ0v) is 34.7. The van der Waals surface area contributed by atoms with Gasteiger partial charge < -0.3 is 14.2 Å². The summed E-state index contributed by atoms with van der Waals surface area (Å²) in [5, 5.41) is 1.08. The topological polar surface area (TPSA) is 130 Å². The molecule has 0 aliphatic heterocycles. The van der Waals surface area contributed by atoms with E-state index in [4.69, 9.17) is 19.2 Å². The summed E-state index contributed by atoms with van der Waals surface area (Å²) >= 11 is 1.72. The lowest BCUT2D eigenvalue weighted by Crippen LogP contribution is -2.35. The van der Waals surface area contributed by atoms with Crippen molar-refractivity contribution in [3.63, 3.8) is 0 Å². The number of carbonyl (C=O) groups excluding carboxylic acids is 3. The van der Waals surface area contributed by atoms with Gasteiger partial charge in [-0.2, -0.15) is 0 Å². The Kier molecular flexibility index (Phi) is 12.0. The minimum Gasteiger partial charge on any atom is -0.457 e. The van der Waals surface area contributed by atoms with Gasteiger partial charge in [0.15, 0.2) is 0 Å². The molecule has 0 amide bonds. The largest absolute Gasteiger partial charge is 0.457 e. The molecule has 4 unspecified atom stereocenters. The molecule has 0 N–H and O–H groups in total. The molecule has 4 aliphatic rings. The molecule has 0 radical (unpaired) electrons. The lowest BCUT2D eigenvalue weighted by atomic mass is 9.62. The first-order valence-corrected chi connectivity index (χ1v) is 21.8. The number of aryl methyl sites for hydroxylation is 1. The van der Waals surface area contributed by atoms with Crippen LogP contribution in [0.25, 0.3) is 0 Å².